The molecule has 0 aromatic heterocycles. The molecule has 2 rings (SSSR count). The number of aryl methyl sites for hydroxylation is 1. The smallest absolute Gasteiger partial charge is 0.553 e. The fraction of sp³-hybridized carbons (Fsp3) is 0.231. The third kappa shape index (κ3) is 2.04. The molecule has 0 aliphatic rings. The van der Waals surface area contributed by atoms with Gasteiger partial charge in [0.05, 0.1) is 14.2 Å². The van der Waals surface area contributed by atoms with E-state index in [4.69, 9.17) is 9.47 Å². The molecule has 0 saturated carbocycles. The Hall–Kier alpha value is -1.10. The summed E-state index contributed by atoms with van der Waals surface area (Å²) in [5, 5.41) is 2.09. The van der Waals surface area contributed by atoms with Gasteiger partial charge in [-0.15, -0.1) is 17.7 Å². The minimum Gasteiger partial charge on any atom is -0.553 e. The molecule has 0 unspecified atom stereocenters. The van der Waals surface area contributed by atoms with E-state index in [1.807, 2.05) is 31.2 Å². The van der Waals surface area contributed by atoms with Gasteiger partial charge >= 0.3 is 18.9 Å². The van der Waals surface area contributed by atoms with Crippen LogP contribution in [-0.2, 0) is 0 Å². The van der Waals surface area contributed by atoms with Gasteiger partial charge in [0, 0.05) is 11.5 Å². The number of benzene rings is 2. The van der Waals surface area contributed by atoms with Crippen molar-refractivity contribution in [2.24, 2.45) is 0 Å². The normalized spacial score (nSPS) is 9.69. The zero-order valence-corrected chi connectivity index (χ0v) is 10.1. The van der Waals surface area contributed by atoms with Crippen LogP contribution in [0.2, 0.25) is 0 Å². The number of rotatable bonds is 2. The second-order valence-corrected chi connectivity index (χ2v) is 3.36. The quantitative estimate of drug-likeness (QED) is 0.509. The molecular weight excluding hydrogens is 195 g/mol. The van der Waals surface area contributed by atoms with E-state index < -0.39 is 0 Å². The Balaban J connectivity index is 0.00000128. The van der Waals surface area contributed by atoms with E-state index in [1.54, 1.807) is 14.2 Å². The van der Waals surface area contributed by atoms with Crippen LogP contribution in [0.5, 0.6) is 11.5 Å². The van der Waals surface area contributed by atoms with Gasteiger partial charge in [-0.3, -0.25) is 0 Å². The van der Waals surface area contributed by atoms with E-state index in [2.05, 4.69) is 6.07 Å². The molecule has 0 spiro atoms. The molecule has 78 valence electrons. The first-order valence-corrected chi connectivity index (χ1v) is 4.80. The predicted molar refractivity (Wildman–Crippen MR) is 60.6 cm³/mol. The zero-order chi connectivity index (χ0) is 10.8. The number of fused-ring (bicyclic) bond motifs is 1. The topological polar surface area (TPSA) is 18.5 Å². The van der Waals surface area contributed by atoms with Crippen molar-refractivity contribution in [3.05, 3.63) is 35.9 Å². The van der Waals surface area contributed by atoms with Crippen molar-refractivity contribution < 1.29 is 28.3 Å². The zero-order valence-electron chi connectivity index (χ0n) is 10.1. The van der Waals surface area contributed by atoms with Gasteiger partial charge in [-0.2, -0.15) is 0 Å². The summed E-state index contributed by atoms with van der Waals surface area (Å²) in [6.45, 7) is 1.97. The van der Waals surface area contributed by atoms with Crippen molar-refractivity contribution >= 4 is 10.8 Å². The number of ether oxygens (including phenoxy) is 2. The summed E-state index contributed by atoms with van der Waals surface area (Å²) >= 11 is 0. The SMILES string of the molecule is COc1[c-]c(C)c(OC)c2ccccc12.[Li+]. The summed E-state index contributed by atoms with van der Waals surface area (Å²) in [5.74, 6) is 1.63. The van der Waals surface area contributed by atoms with Crippen LogP contribution in [-0.4, -0.2) is 14.2 Å². The molecular formula is C13H13LiO2. The summed E-state index contributed by atoms with van der Waals surface area (Å²) in [4.78, 5) is 0. The van der Waals surface area contributed by atoms with Crippen molar-refractivity contribution in [1.82, 2.24) is 0 Å². The minimum atomic E-state index is 0. The standard InChI is InChI=1S/C13H13O2.Li/c1-9-8-12(14-2)10-6-4-5-7-11(10)13(9)15-3;/h4-7H,1-3H3;/q-1;+1. The van der Waals surface area contributed by atoms with Crippen molar-refractivity contribution in [2.45, 2.75) is 6.92 Å². The van der Waals surface area contributed by atoms with Gasteiger partial charge in [0.2, 0.25) is 0 Å². The molecule has 0 N–H and O–H groups in total. The van der Waals surface area contributed by atoms with E-state index in [0.29, 0.717) is 0 Å². The predicted octanol–water partition coefficient (Wildman–Crippen LogP) is -0.0304. The molecule has 0 fully saturated rings. The van der Waals surface area contributed by atoms with E-state index in [0.717, 1.165) is 27.8 Å². The summed E-state index contributed by atoms with van der Waals surface area (Å²) in [7, 11) is 3.33. The summed E-state index contributed by atoms with van der Waals surface area (Å²) in [6, 6.07) is 11.2. The molecule has 0 heterocycles. The van der Waals surface area contributed by atoms with Crippen molar-refractivity contribution in [3.8, 4) is 11.5 Å². The maximum atomic E-state index is 5.37. The van der Waals surface area contributed by atoms with Gasteiger partial charge in [0.25, 0.3) is 0 Å². The first-order valence-electron chi connectivity index (χ1n) is 4.80. The Labute approximate surface area is 108 Å². The van der Waals surface area contributed by atoms with Gasteiger partial charge in [0.1, 0.15) is 0 Å². The Morgan fingerprint density at radius 2 is 1.62 bits per heavy atom. The maximum Gasteiger partial charge on any atom is 1.00 e. The number of methoxy groups -OCH3 is 2. The molecule has 2 aromatic rings. The van der Waals surface area contributed by atoms with E-state index in [1.165, 1.54) is 0 Å². The fourth-order valence-electron chi connectivity index (χ4n) is 1.80. The van der Waals surface area contributed by atoms with Crippen LogP contribution in [0.15, 0.2) is 24.3 Å². The van der Waals surface area contributed by atoms with Crippen LogP contribution in [0.1, 0.15) is 5.56 Å². The second kappa shape index (κ2) is 5.29. The van der Waals surface area contributed by atoms with Crippen LogP contribution in [0.25, 0.3) is 10.8 Å². The molecule has 0 radical (unpaired) electrons. The molecule has 0 aliphatic carbocycles. The van der Waals surface area contributed by atoms with Crippen molar-refractivity contribution in [3.63, 3.8) is 0 Å². The van der Waals surface area contributed by atoms with Gasteiger partial charge in [-0.25, -0.2) is 0 Å². The average molecular weight is 208 g/mol. The largest absolute Gasteiger partial charge is 1.00 e. The Morgan fingerprint density at radius 3 is 2.19 bits per heavy atom. The van der Waals surface area contributed by atoms with Crippen molar-refractivity contribution in [1.29, 1.82) is 0 Å². The summed E-state index contributed by atoms with van der Waals surface area (Å²) in [6.07, 6.45) is 0. The summed E-state index contributed by atoms with van der Waals surface area (Å²) in [5.41, 5.74) is 0.966. The Bertz CT molecular complexity index is 495. The first-order chi connectivity index (χ1) is 7.27. The Morgan fingerprint density at radius 1 is 1.00 bits per heavy atom. The molecule has 16 heavy (non-hydrogen) atoms. The van der Waals surface area contributed by atoms with Crippen molar-refractivity contribution in [2.75, 3.05) is 14.2 Å². The monoisotopic (exact) mass is 208 g/mol. The van der Waals surface area contributed by atoms with Crippen LogP contribution < -0.4 is 28.3 Å². The molecule has 0 aliphatic heterocycles. The second-order valence-electron chi connectivity index (χ2n) is 3.36. The minimum absolute atomic E-state index is 0. The average Bonchev–Trinajstić information content (AvgIpc) is 2.28. The number of hydrogen-bond donors (Lipinski definition) is 0. The molecule has 2 nitrogen and oxygen atoms in total. The molecule has 0 bridgehead atoms. The molecule has 0 atom stereocenters. The van der Waals surface area contributed by atoms with Crippen LogP contribution in [0, 0.1) is 13.0 Å². The third-order valence-corrected chi connectivity index (χ3v) is 2.47. The van der Waals surface area contributed by atoms with Crippen LogP contribution >= 0.6 is 0 Å². The first kappa shape index (κ1) is 13.0. The molecule has 2 aromatic carbocycles. The van der Waals surface area contributed by atoms with E-state index in [-0.39, 0.29) is 18.9 Å². The van der Waals surface area contributed by atoms with Gasteiger partial charge in [0.15, 0.2) is 0 Å². The molecule has 0 saturated heterocycles. The molecule has 3 heteroatoms. The van der Waals surface area contributed by atoms with Gasteiger partial charge in [-0.1, -0.05) is 35.9 Å². The van der Waals surface area contributed by atoms with E-state index >= 15 is 0 Å². The molecule has 0 amide bonds. The van der Waals surface area contributed by atoms with Crippen LogP contribution in [0.4, 0.5) is 0 Å². The van der Waals surface area contributed by atoms with Crippen LogP contribution in [0.3, 0.4) is 0 Å². The Kier molecular flexibility index (Phi) is 4.29. The number of hydrogen-bond acceptors (Lipinski definition) is 2. The summed E-state index contributed by atoms with van der Waals surface area (Å²) < 4.78 is 10.7. The van der Waals surface area contributed by atoms with E-state index in [9.17, 15) is 0 Å². The van der Waals surface area contributed by atoms with Gasteiger partial charge < -0.3 is 9.47 Å². The fourth-order valence-corrected chi connectivity index (χ4v) is 1.80. The maximum absolute atomic E-state index is 5.37. The third-order valence-electron chi connectivity index (χ3n) is 2.47. The van der Waals surface area contributed by atoms with Gasteiger partial charge in [-0.05, 0) is 0 Å².